The molecule has 180 valence electrons. The van der Waals surface area contributed by atoms with Crippen molar-refractivity contribution in [2.75, 3.05) is 6.61 Å². The van der Waals surface area contributed by atoms with Gasteiger partial charge in [0, 0.05) is 20.1 Å². The Kier molecular flexibility index (Phi) is 6.36. The molecule has 0 spiro atoms. The number of oxazole rings is 1. The van der Waals surface area contributed by atoms with E-state index in [-0.39, 0.29) is 6.10 Å². The van der Waals surface area contributed by atoms with Crippen molar-refractivity contribution in [3.8, 4) is 23.3 Å². The Bertz CT molecular complexity index is 1370. The molecular formula is C25H28N6O3Si. The van der Waals surface area contributed by atoms with Crippen molar-refractivity contribution in [2.45, 2.75) is 57.8 Å². The summed E-state index contributed by atoms with van der Waals surface area (Å²) in [5.74, 6) is 1.30. The predicted octanol–water partition coefficient (Wildman–Crippen LogP) is 5.12. The van der Waals surface area contributed by atoms with Gasteiger partial charge in [-0.25, -0.2) is 14.6 Å². The lowest BCUT2D eigenvalue weighted by atomic mass is 9.97. The molecule has 0 aliphatic heterocycles. The smallest absolute Gasteiger partial charge is 0.181 e. The number of aryl methyl sites for hydroxylation is 1. The minimum Gasteiger partial charge on any atom is -0.484 e. The number of hydrogen-bond donors (Lipinski definition) is 0. The van der Waals surface area contributed by atoms with Gasteiger partial charge in [0.05, 0.1) is 23.6 Å². The molecule has 0 bridgehead atoms. The van der Waals surface area contributed by atoms with Crippen LogP contribution in [0.25, 0.3) is 22.4 Å². The van der Waals surface area contributed by atoms with Crippen LogP contribution in [0.4, 0.5) is 0 Å². The number of ether oxygens (including phenoxy) is 2. The van der Waals surface area contributed by atoms with Crippen LogP contribution in [0.2, 0.25) is 25.7 Å². The Balaban J connectivity index is 1.42. The fraction of sp³-hybridized carbons (Fsp3) is 0.400. The van der Waals surface area contributed by atoms with E-state index in [0.717, 1.165) is 47.6 Å². The fourth-order valence-corrected chi connectivity index (χ4v) is 4.95. The molecule has 0 amide bonds. The molecule has 3 aromatic heterocycles. The van der Waals surface area contributed by atoms with Gasteiger partial charge >= 0.3 is 0 Å². The summed E-state index contributed by atoms with van der Waals surface area (Å²) in [6.45, 7) is 8.08. The van der Waals surface area contributed by atoms with E-state index < -0.39 is 8.07 Å². The zero-order valence-corrected chi connectivity index (χ0v) is 21.2. The van der Waals surface area contributed by atoms with Crippen LogP contribution in [0, 0.1) is 11.3 Å². The monoisotopic (exact) mass is 488 g/mol. The van der Waals surface area contributed by atoms with E-state index in [9.17, 15) is 0 Å². The van der Waals surface area contributed by atoms with E-state index in [2.05, 4.69) is 40.7 Å². The van der Waals surface area contributed by atoms with E-state index in [1.165, 1.54) is 12.6 Å². The molecule has 0 N–H and O–H groups in total. The van der Waals surface area contributed by atoms with Crippen LogP contribution < -0.4 is 4.74 Å². The average molecular weight is 489 g/mol. The lowest BCUT2D eigenvalue weighted by Gasteiger charge is -2.24. The molecule has 1 aliphatic carbocycles. The van der Waals surface area contributed by atoms with Crippen LogP contribution in [0.1, 0.15) is 36.0 Å². The molecule has 35 heavy (non-hydrogen) atoms. The van der Waals surface area contributed by atoms with E-state index >= 15 is 0 Å². The summed E-state index contributed by atoms with van der Waals surface area (Å²) in [7, 11) is -1.17. The molecule has 0 fully saturated rings. The summed E-state index contributed by atoms with van der Waals surface area (Å²) < 4.78 is 19.8. The van der Waals surface area contributed by atoms with Gasteiger partial charge in [-0.05, 0) is 43.5 Å². The summed E-state index contributed by atoms with van der Waals surface area (Å²) in [6.07, 6.45) is 6.92. The number of nitrogens with zero attached hydrogens (tertiary/aromatic N) is 6. The second kappa shape index (κ2) is 9.60. The minimum atomic E-state index is -1.17. The van der Waals surface area contributed by atoms with Gasteiger partial charge in [0.2, 0.25) is 0 Å². The largest absolute Gasteiger partial charge is 0.484 e. The molecule has 10 heteroatoms. The molecule has 5 rings (SSSR count). The van der Waals surface area contributed by atoms with Crippen molar-refractivity contribution in [2.24, 2.45) is 0 Å². The molecule has 9 nitrogen and oxygen atoms in total. The van der Waals surface area contributed by atoms with Crippen molar-refractivity contribution in [3.63, 3.8) is 0 Å². The Morgan fingerprint density at radius 2 is 2.14 bits per heavy atom. The van der Waals surface area contributed by atoms with Gasteiger partial charge in [-0.15, -0.1) is 0 Å². The highest BCUT2D eigenvalue weighted by molar-refractivity contribution is 6.76. The first-order valence-electron chi connectivity index (χ1n) is 11.8. The third-order valence-electron chi connectivity index (χ3n) is 6.05. The highest BCUT2D eigenvalue weighted by Gasteiger charge is 2.26. The molecule has 1 unspecified atom stereocenters. The van der Waals surface area contributed by atoms with Gasteiger partial charge in [0.1, 0.15) is 36.0 Å². The summed E-state index contributed by atoms with van der Waals surface area (Å²) in [5, 5.41) is 14.8. The van der Waals surface area contributed by atoms with Crippen LogP contribution in [0.3, 0.4) is 0 Å². The van der Waals surface area contributed by atoms with Gasteiger partial charge in [-0.3, -0.25) is 4.98 Å². The van der Waals surface area contributed by atoms with Crippen LogP contribution in [-0.4, -0.2) is 39.4 Å². The maximum absolute atomic E-state index is 9.14. The summed E-state index contributed by atoms with van der Waals surface area (Å²) in [4.78, 5) is 13.0. The standard InChI is InChI=1S/C25H28N6O3Si/c1-35(2,3)10-9-32-16-31-21-8-7-18(11-19(21)24(30-31)23-14-27-15-33-23)34-22-6-4-5-20-25(22)28-13-17(12-26)29-20/h7-8,11,13-15,22H,4-6,9-10,16H2,1-3H3. The first kappa shape index (κ1) is 23.2. The zero-order chi connectivity index (χ0) is 24.4. The lowest BCUT2D eigenvalue weighted by Crippen LogP contribution is -2.22. The Labute approximate surface area is 204 Å². The minimum absolute atomic E-state index is 0.217. The number of nitriles is 1. The number of fused-ring (bicyclic) bond motifs is 2. The average Bonchev–Trinajstić information content (AvgIpc) is 3.49. The van der Waals surface area contributed by atoms with Crippen LogP contribution >= 0.6 is 0 Å². The molecule has 1 aromatic carbocycles. The second-order valence-electron chi connectivity index (χ2n) is 9.94. The van der Waals surface area contributed by atoms with Crippen LogP contribution in [0.15, 0.2) is 41.4 Å². The molecule has 0 saturated carbocycles. The zero-order valence-electron chi connectivity index (χ0n) is 20.2. The fourth-order valence-electron chi connectivity index (χ4n) is 4.19. The summed E-state index contributed by atoms with van der Waals surface area (Å²) in [5.41, 5.74) is 3.60. The van der Waals surface area contributed by atoms with Crippen molar-refractivity contribution >= 4 is 19.0 Å². The number of hydrogen-bond acceptors (Lipinski definition) is 8. The van der Waals surface area contributed by atoms with Gasteiger partial charge in [0.25, 0.3) is 0 Å². The van der Waals surface area contributed by atoms with Crippen LogP contribution in [-0.2, 0) is 17.9 Å². The van der Waals surface area contributed by atoms with Gasteiger partial charge in [0.15, 0.2) is 17.8 Å². The first-order chi connectivity index (χ1) is 16.9. The predicted molar refractivity (Wildman–Crippen MR) is 132 cm³/mol. The summed E-state index contributed by atoms with van der Waals surface area (Å²) in [6, 6.07) is 9.07. The summed E-state index contributed by atoms with van der Waals surface area (Å²) >= 11 is 0. The molecule has 1 atom stereocenters. The normalized spacial score (nSPS) is 15.7. The van der Waals surface area contributed by atoms with Crippen molar-refractivity contribution in [1.29, 1.82) is 5.26 Å². The molecule has 0 radical (unpaired) electrons. The van der Waals surface area contributed by atoms with E-state index in [1.54, 1.807) is 6.20 Å². The van der Waals surface area contributed by atoms with Gasteiger partial charge < -0.3 is 13.9 Å². The van der Waals surface area contributed by atoms with E-state index in [0.29, 0.717) is 36.2 Å². The highest BCUT2D eigenvalue weighted by atomic mass is 28.3. The van der Waals surface area contributed by atoms with Crippen molar-refractivity contribution in [3.05, 3.63) is 54.1 Å². The topological polar surface area (TPSA) is 112 Å². The second-order valence-corrected chi connectivity index (χ2v) is 15.6. The quantitative estimate of drug-likeness (QED) is 0.248. The van der Waals surface area contributed by atoms with E-state index in [4.69, 9.17) is 24.3 Å². The molecule has 4 aromatic rings. The molecule has 1 aliphatic rings. The molecule has 3 heterocycles. The van der Waals surface area contributed by atoms with Gasteiger partial charge in [-0.2, -0.15) is 10.4 Å². The lowest BCUT2D eigenvalue weighted by molar-refractivity contribution is 0.0818. The maximum Gasteiger partial charge on any atom is 0.181 e. The number of rotatable bonds is 8. The van der Waals surface area contributed by atoms with Crippen molar-refractivity contribution < 1.29 is 13.9 Å². The van der Waals surface area contributed by atoms with Crippen LogP contribution in [0.5, 0.6) is 5.75 Å². The Hall–Kier alpha value is -3.55. The maximum atomic E-state index is 9.14. The third-order valence-corrected chi connectivity index (χ3v) is 7.76. The molecule has 0 saturated heterocycles. The Morgan fingerprint density at radius 3 is 2.91 bits per heavy atom. The Morgan fingerprint density at radius 1 is 1.26 bits per heavy atom. The van der Waals surface area contributed by atoms with Gasteiger partial charge in [-0.1, -0.05) is 19.6 Å². The van der Waals surface area contributed by atoms with Crippen molar-refractivity contribution in [1.82, 2.24) is 24.7 Å². The van der Waals surface area contributed by atoms with E-state index in [1.807, 2.05) is 22.9 Å². The molecular weight excluding hydrogens is 460 g/mol. The third kappa shape index (κ3) is 5.11. The highest BCUT2D eigenvalue weighted by Crippen LogP contribution is 2.35. The first-order valence-corrected chi connectivity index (χ1v) is 15.5. The SMILES string of the molecule is C[Si](C)(C)CCOCn1nc(-c2cnco2)c2cc(OC3CCCc4nc(C#N)cnc43)ccc21. The number of benzene rings is 1. The number of aromatic nitrogens is 5.